The molecule has 1 spiro atoms. The molecule has 3 aromatic carbocycles. The van der Waals surface area contributed by atoms with Crippen LogP contribution in [0.1, 0.15) is 61.7 Å². The van der Waals surface area contributed by atoms with Gasteiger partial charge in [-0.25, -0.2) is 17.9 Å². The number of hydrogen-bond donors (Lipinski definition) is 4. The number of hydrogen-bond acceptors (Lipinski definition) is 9. The number of carbonyl (C=O) groups is 2. The first-order valence-corrected chi connectivity index (χ1v) is 18.6. The zero-order valence-corrected chi connectivity index (χ0v) is 28.2. The molecule has 1 heterocycles. The highest BCUT2D eigenvalue weighted by atomic mass is 32.2. The van der Waals surface area contributed by atoms with Gasteiger partial charge in [0.15, 0.2) is 0 Å². The lowest BCUT2D eigenvalue weighted by Gasteiger charge is -2.24. The van der Waals surface area contributed by atoms with E-state index in [0.717, 1.165) is 36.2 Å². The molecule has 0 bridgehead atoms. The zero-order valence-electron chi connectivity index (χ0n) is 26.6. The van der Waals surface area contributed by atoms with E-state index in [9.17, 15) is 28.1 Å². The molecule has 256 valence electrons. The minimum Gasteiger partial charge on any atom is -0.465 e. The smallest absolute Gasteiger partial charge is 0.404 e. The number of nitrogens with zero attached hydrogens (tertiary/aromatic N) is 2. The standard InChI is InChI=1S/C34H41N5O7S2/c40-32(25-11-13-27(14-12-25)38-21-19-34(24-38)17-5-6-18-34)37-48(45,46)29-15-16-30(31(22-29)39(43)44)36-26(8-4-7-20-35-33(41)42)23-47-28-9-2-1-3-10-28/h1-3,9-16,22,26,35-36H,4-8,17-21,23-24H2,(H,37,40)(H,41,42)/t26-/m1/s1. The summed E-state index contributed by atoms with van der Waals surface area (Å²) in [4.78, 5) is 38.1. The molecule has 2 fully saturated rings. The highest BCUT2D eigenvalue weighted by molar-refractivity contribution is 7.99. The molecule has 12 nitrogen and oxygen atoms in total. The molecule has 0 aromatic heterocycles. The highest BCUT2D eigenvalue weighted by Crippen LogP contribution is 2.46. The fourth-order valence-electron chi connectivity index (χ4n) is 6.55. The molecule has 1 saturated carbocycles. The van der Waals surface area contributed by atoms with Crippen LogP contribution in [0.5, 0.6) is 0 Å². The van der Waals surface area contributed by atoms with Gasteiger partial charge in [0.1, 0.15) is 5.69 Å². The highest BCUT2D eigenvalue weighted by Gasteiger charge is 2.40. The van der Waals surface area contributed by atoms with Crippen LogP contribution in [0.2, 0.25) is 0 Å². The molecule has 1 aliphatic heterocycles. The Labute approximate surface area is 284 Å². The van der Waals surface area contributed by atoms with Crippen LogP contribution in [0.4, 0.5) is 21.9 Å². The van der Waals surface area contributed by atoms with Crippen LogP contribution in [0.25, 0.3) is 0 Å². The molecule has 1 atom stereocenters. The Morgan fingerprint density at radius 3 is 2.42 bits per heavy atom. The van der Waals surface area contributed by atoms with Crippen molar-refractivity contribution in [2.75, 3.05) is 35.6 Å². The van der Waals surface area contributed by atoms with E-state index < -0.39 is 37.5 Å². The number of nitrogens with one attached hydrogen (secondary N) is 3. The van der Waals surface area contributed by atoms with Gasteiger partial charge in [-0.2, -0.15) is 0 Å². The van der Waals surface area contributed by atoms with E-state index in [1.54, 1.807) is 23.9 Å². The summed E-state index contributed by atoms with van der Waals surface area (Å²) in [5.41, 5.74) is 1.25. The van der Waals surface area contributed by atoms with Crippen LogP contribution in [-0.2, 0) is 10.0 Å². The van der Waals surface area contributed by atoms with Crippen molar-refractivity contribution in [2.24, 2.45) is 5.41 Å². The number of carboxylic acid groups (broad SMARTS) is 1. The van der Waals surface area contributed by atoms with Gasteiger partial charge in [-0.1, -0.05) is 31.0 Å². The Kier molecular flexibility index (Phi) is 11.5. The van der Waals surface area contributed by atoms with Gasteiger partial charge < -0.3 is 20.6 Å². The number of thioether (sulfide) groups is 1. The number of sulfonamides is 1. The first-order valence-electron chi connectivity index (χ1n) is 16.2. The number of carbonyl (C=O) groups excluding carboxylic acids is 1. The third-order valence-corrected chi connectivity index (χ3v) is 11.6. The minimum atomic E-state index is -4.42. The largest absolute Gasteiger partial charge is 0.465 e. The summed E-state index contributed by atoms with van der Waals surface area (Å²) >= 11 is 1.57. The lowest BCUT2D eigenvalue weighted by atomic mass is 9.86. The second-order valence-electron chi connectivity index (χ2n) is 12.5. The molecule has 1 saturated heterocycles. The predicted octanol–water partition coefficient (Wildman–Crippen LogP) is 6.49. The van der Waals surface area contributed by atoms with Crippen molar-refractivity contribution in [2.45, 2.75) is 67.2 Å². The van der Waals surface area contributed by atoms with Crippen molar-refractivity contribution in [3.05, 3.63) is 88.5 Å². The number of nitro groups is 1. The van der Waals surface area contributed by atoms with Crippen LogP contribution >= 0.6 is 11.8 Å². The van der Waals surface area contributed by atoms with Crippen molar-refractivity contribution in [3.8, 4) is 0 Å². The molecule has 0 radical (unpaired) electrons. The number of amides is 2. The molecule has 2 amide bonds. The minimum absolute atomic E-state index is 0.143. The van der Waals surface area contributed by atoms with Crippen molar-refractivity contribution >= 4 is 50.8 Å². The maximum absolute atomic E-state index is 13.2. The third kappa shape index (κ3) is 9.19. The fraction of sp³-hybridized carbons (Fsp3) is 0.412. The van der Waals surface area contributed by atoms with Gasteiger partial charge in [-0.05, 0) is 92.5 Å². The molecule has 2 aliphatic rings. The van der Waals surface area contributed by atoms with E-state index in [0.29, 0.717) is 30.4 Å². The first-order chi connectivity index (χ1) is 23.0. The molecule has 4 N–H and O–H groups in total. The Bertz CT molecular complexity index is 1700. The van der Waals surface area contributed by atoms with Gasteiger partial charge in [0.25, 0.3) is 21.6 Å². The summed E-state index contributed by atoms with van der Waals surface area (Å²) in [5, 5.41) is 26.5. The topological polar surface area (TPSA) is 171 Å². The average molecular weight is 696 g/mol. The van der Waals surface area contributed by atoms with Gasteiger partial charge in [0.2, 0.25) is 0 Å². The maximum Gasteiger partial charge on any atom is 0.404 e. The summed E-state index contributed by atoms with van der Waals surface area (Å²) in [6, 6.07) is 19.8. The van der Waals surface area contributed by atoms with E-state index in [1.165, 1.54) is 37.8 Å². The lowest BCUT2D eigenvalue weighted by Crippen LogP contribution is -2.31. The third-order valence-electron chi connectivity index (χ3n) is 9.11. The molecule has 1 aliphatic carbocycles. The van der Waals surface area contributed by atoms with E-state index in [4.69, 9.17) is 5.11 Å². The summed E-state index contributed by atoms with van der Waals surface area (Å²) in [7, 11) is -4.42. The fourth-order valence-corrected chi connectivity index (χ4v) is 8.53. The van der Waals surface area contributed by atoms with E-state index in [-0.39, 0.29) is 23.8 Å². The van der Waals surface area contributed by atoms with Gasteiger partial charge in [-0.15, -0.1) is 11.8 Å². The summed E-state index contributed by atoms with van der Waals surface area (Å²) in [6.45, 7) is 2.24. The van der Waals surface area contributed by atoms with Crippen LogP contribution in [0.15, 0.2) is 82.6 Å². The van der Waals surface area contributed by atoms with E-state index in [1.807, 2.05) is 42.5 Å². The zero-order chi connectivity index (χ0) is 34.1. The van der Waals surface area contributed by atoms with E-state index >= 15 is 0 Å². The summed E-state index contributed by atoms with van der Waals surface area (Å²) < 4.78 is 28.5. The molecule has 48 heavy (non-hydrogen) atoms. The van der Waals surface area contributed by atoms with Crippen molar-refractivity contribution < 1.29 is 28.0 Å². The average Bonchev–Trinajstić information content (AvgIpc) is 3.72. The number of benzene rings is 3. The normalized spacial score (nSPS) is 16.0. The van der Waals surface area contributed by atoms with Crippen molar-refractivity contribution in [1.82, 2.24) is 10.0 Å². The molecular weight excluding hydrogens is 655 g/mol. The molecule has 14 heteroatoms. The van der Waals surface area contributed by atoms with Crippen LogP contribution in [0, 0.1) is 15.5 Å². The summed E-state index contributed by atoms with van der Waals surface area (Å²) in [6.07, 6.45) is 6.93. The molecular formula is C34H41N5O7S2. The monoisotopic (exact) mass is 695 g/mol. The quantitative estimate of drug-likeness (QED) is 0.0596. The second-order valence-corrected chi connectivity index (χ2v) is 15.3. The first kappa shape index (κ1) is 35.0. The Morgan fingerprint density at radius 2 is 1.73 bits per heavy atom. The lowest BCUT2D eigenvalue weighted by molar-refractivity contribution is -0.384. The SMILES string of the molecule is O=C(O)NCCCC[C@H](CSc1ccccc1)Nc1ccc(S(=O)(=O)NC(=O)c2ccc(N3CCC4(CCCC4)C3)cc2)cc1[N+](=O)[O-]. The molecule has 0 unspecified atom stereocenters. The predicted molar refractivity (Wildman–Crippen MR) is 186 cm³/mol. The van der Waals surface area contributed by atoms with Crippen LogP contribution in [0.3, 0.4) is 0 Å². The Hall–Kier alpha value is -4.30. The Balaban J connectivity index is 1.25. The molecule has 5 rings (SSSR count). The van der Waals surface area contributed by atoms with Crippen molar-refractivity contribution in [3.63, 3.8) is 0 Å². The van der Waals surface area contributed by atoms with Gasteiger partial charge in [0.05, 0.1) is 9.82 Å². The maximum atomic E-state index is 13.2. The van der Waals surface area contributed by atoms with Gasteiger partial charge >= 0.3 is 6.09 Å². The van der Waals surface area contributed by atoms with Crippen LogP contribution < -0.4 is 20.3 Å². The summed E-state index contributed by atoms with van der Waals surface area (Å²) in [5.74, 6) is -0.267. The van der Waals surface area contributed by atoms with Crippen LogP contribution in [-0.4, -0.2) is 61.9 Å². The number of rotatable bonds is 15. The molecule has 3 aromatic rings. The number of anilines is 2. The number of unbranched alkanes of at least 4 members (excludes halogenated alkanes) is 1. The Morgan fingerprint density at radius 1 is 1.00 bits per heavy atom. The second kappa shape index (κ2) is 15.7. The number of nitro benzene ring substituents is 1. The van der Waals surface area contributed by atoms with Gasteiger partial charge in [0, 0.05) is 53.6 Å². The van der Waals surface area contributed by atoms with Crippen molar-refractivity contribution in [1.29, 1.82) is 0 Å². The van der Waals surface area contributed by atoms with Gasteiger partial charge in [-0.3, -0.25) is 14.9 Å². The van der Waals surface area contributed by atoms with E-state index in [2.05, 4.69) is 20.3 Å².